The monoisotopic (exact) mass is 207 g/mol. The van der Waals surface area contributed by atoms with E-state index in [1.54, 1.807) is 0 Å². The lowest BCUT2D eigenvalue weighted by Crippen LogP contribution is -2.28. The van der Waals surface area contributed by atoms with Crippen molar-refractivity contribution in [3.63, 3.8) is 0 Å². The molecule has 1 saturated carbocycles. The Morgan fingerprint density at radius 1 is 1.20 bits per heavy atom. The van der Waals surface area contributed by atoms with Crippen molar-refractivity contribution in [2.75, 3.05) is 0 Å². The third kappa shape index (κ3) is 2.25. The van der Waals surface area contributed by atoms with Gasteiger partial charge in [0.15, 0.2) is 0 Å². The van der Waals surface area contributed by atoms with Gasteiger partial charge in [-0.3, -0.25) is 0 Å². The van der Waals surface area contributed by atoms with Crippen LogP contribution >= 0.6 is 0 Å². The van der Waals surface area contributed by atoms with Crippen LogP contribution in [0.3, 0.4) is 0 Å². The number of nitrogens with zero attached hydrogens (tertiary/aromatic N) is 1. The topological polar surface area (TPSA) is 25.2 Å². The van der Waals surface area contributed by atoms with Gasteiger partial charge in [0.1, 0.15) is 0 Å². The van der Waals surface area contributed by atoms with Crippen molar-refractivity contribution in [2.45, 2.75) is 52.2 Å². The summed E-state index contributed by atoms with van der Waals surface area (Å²) in [6.07, 6.45) is 4.56. The number of aliphatic hydroxyl groups is 1. The summed E-state index contributed by atoms with van der Waals surface area (Å²) in [5, 5.41) is 9.94. The van der Waals surface area contributed by atoms with E-state index < -0.39 is 0 Å². The van der Waals surface area contributed by atoms with E-state index in [1.165, 1.54) is 30.7 Å². The van der Waals surface area contributed by atoms with Crippen LogP contribution in [0.25, 0.3) is 0 Å². The van der Waals surface area contributed by atoms with E-state index in [9.17, 15) is 5.11 Å². The number of aliphatic hydroxyl groups excluding tert-OH is 1. The molecule has 15 heavy (non-hydrogen) atoms. The molecule has 0 amide bonds. The van der Waals surface area contributed by atoms with Gasteiger partial charge in [-0.15, -0.1) is 0 Å². The molecule has 0 radical (unpaired) electrons. The summed E-state index contributed by atoms with van der Waals surface area (Å²) in [5.41, 5.74) is 2.62. The van der Waals surface area contributed by atoms with Gasteiger partial charge in [-0.1, -0.05) is 12.8 Å². The maximum absolute atomic E-state index is 9.94. The molecule has 2 heteroatoms. The van der Waals surface area contributed by atoms with Crippen LogP contribution in [0.1, 0.15) is 37.1 Å². The van der Waals surface area contributed by atoms with Gasteiger partial charge in [0.05, 0.1) is 6.10 Å². The third-order valence-electron chi connectivity index (χ3n) is 3.70. The smallest absolute Gasteiger partial charge is 0.0585 e. The number of rotatable bonds is 2. The Kier molecular flexibility index (Phi) is 3.15. The molecular weight excluding hydrogens is 186 g/mol. The molecule has 0 spiro atoms. The Labute approximate surface area is 91.9 Å². The van der Waals surface area contributed by atoms with Crippen molar-refractivity contribution < 1.29 is 5.11 Å². The van der Waals surface area contributed by atoms with Gasteiger partial charge in [0.2, 0.25) is 0 Å². The molecule has 2 unspecified atom stereocenters. The van der Waals surface area contributed by atoms with E-state index in [4.69, 9.17) is 0 Å². The molecule has 1 aromatic heterocycles. The number of hydrogen-bond donors (Lipinski definition) is 1. The summed E-state index contributed by atoms with van der Waals surface area (Å²) < 4.78 is 2.33. The second kappa shape index (κ2) is 4.40. The fraction of sp³-hybridized carbons (Fsp3) is 0.692. The molecule has 1 aliphatic rings. The zero-order valence-corrected chi connectivity index (χ0v) is 9.74. The quantitative estimate of drug-likeness (QED) is 0.792. The molecule has 0 saturated heterocycles. The zero-order chi connectivity index (χ0) is 10.8. The molecule has 1 aromatic rings. The number of aromatic nitrogens is 1. The highest BCUT2D eigenvalue weighted by Crippen LogP contribution is 2.26. The predicted octanol–water partition coefficient (Wildman–Crippen LogP) is 2.66. The third-order valence-corrected chi connectivity index (χ3v) is 3.70. The molecular formula is C13H21NO. The average molecular weight is 207 g/mol. The first-order valence-electron chi connectivity index (χ1n) is 5.99. The number of aryl methyl sites for hydroxylation is 2. The van der Waals surface area contributed by atoms with Crippen molar-refractivity contribution >= 4 is 0 Å². The van der Waals surface area contributed by atoms with Crippen LogP contribution < -0.4 is 0 Å². The standard InChI is InChI=1S/C13H21NO/c1-10-7-8-11(2)14(10)9-12-5-3-4-6-13(12)15/h7-8,12-13,15H,3-6,9H2,1-2H3. The van der Waals surface area contributed by atoms with Crippen molar-refractivity contribution in [2.24, 2.45) is 5.92 Å². The Morgan fingerprint density at radius 2 is 1.80 bits per heavy atom. The molecule has 2 atom stereocenters. The highest BCUT2D eigenvalue weighted by atomic mass is 16.3. The average Bonchev–Trinajstić information content (AvgIpc) is 2.53. The maximum Gasteiger partial charge on any atom is 0.0585 e. The van der Waals surface area contributed by atoms with E-state index in [1.807, 2.05) is 0 Å². The number of hydrogen-bond acceptors (Lipinski definition) is 1. The molecule has 1 fully saturated rings. The minimum absolute atomic E-state index is 0.0834. The van der Waals surface area contributed by atoms with Crippen molar-refractivity contribution in [3.8, 4) is 0 Å². The Hall–Kier alpha value is -0.760. The summed E-state index contributed by atoms with van der Waals surface area (Å²) in [5.74, 6) is 0.462. The van der Waals surface area contributed by atoms with Gasteiger partial charge in [-0.05, 0) is 38.8 Å². The normalized spacial score (nSPS) is 26.9. The second-order valence-corrected chi connectivity index (χ2v) is 4.84. The van der Waals surface area contributed by atoms with Crippen LogP contribution in [-0.4, -0.2) is 15.8 Å². The largest absolute Gasteiger partial charge is 0.393 e. The van der Waals surface area contributed by atoms with Crippen molar-refractivity contribution in [3.05, 3.63) is 23.5 Å². The van der Waals surface area contributed by atoms with E-state index in [0.717, 1.165) is 13.0 Å². The molecule has 0 aliphatic heterocycles. The van der Waals surface area contributed by atoms with E-state index in [-0.39, 0.29) is 6.10 Å². The van der Waals surface area contributed by atoms with Gasteiger partial charge in [-0.25, -0.2) is 0 Å². The Bertz CT molecular complexity index is 310. The first-order chi connectivity index (χ1) is 7.18. The molecule has 1 N–H and O–H groups in total. The molecule has 84 valence electrons. The highest BCUT2D eigenvalue weighted by molar-refractivity contribution is 5.13. The molecule has 1 aliphatic carbocycles. The minimum Gasteiger partial charge on any atom is -0.393 e. The summed E-state index contributed by atoms with van der Waals surface area (Å²) in [6.45, 7) is 5.27. The summed E-state index contributed by atoms with van der Waals surface area (Å²) in [4.78, 5) is 0. The fourth-order valence-electron chi connectivity index (χ4n) is 2.62. The molecule has 0 bridgehead atoms. The highest BCUT2D eigenvalue weighted by Gasteiger charge is 2.23. The molecule has 2 rings (SSSR count). The summed E-state index contributed by atoms with van der Waals surface area (Å²) in [6, 6.07) is 4.31. The van der Waals surface area contributed by atoms with Gasteiger partial charge in [0, 0.05) is 23.9 Å². The first kappa shape index (κ1) is 10.7. The zero-order valence-electron chi connectivity index (χ0n) is 9.74. The van der Waals surface area contributed by atoms with Crippen molar-refractivity contribution in [1.29, 1.82) is 0 Å². The van der Waals surface area contributed by atoms with Crippen LogP contribution in [0, 0.1) is 19.8 Å². The van der Waals surface area contributed by atoms with Crippen molar-refractivity contribution in [1.82, 2.24) is 4.57 Å². The van der Waals surface area contributed by atoms with E-state index >= 15 is 0 Å². The van der Waals surface area contributed by atoms with Crippen LogP contribution in [0.2, 0.25) is 0 Å². The van der Waals surface area contributed by atoms with E-state index in [0.29, 0.717) is 5.92 Å². The lowest BCUT2D eigenvalue weighted by atomic mass is 9.86. The van der Waals surface area contributed by atoms with Gasteiger partial charge >= 0.3 is 0 Å². The van der Waals surface area contributed by atoms with Gasteiger partial charge < -0.3 is 9.67 Å². The van der Waals surface area contributed by atoms with E-state index in [2.05, 4.69) is 30.5 Å². The lowest BCUT2D eigenvalue weighted by Gasteiger charge is -2.28. The molecule has 1 heterocycles. The predicted molar refractivity (Wildman–Crippen MR) is 61.9 cm³/mol. The van der Waals surface area contributed by atoms with Crippen LogP contribution in [0.15, 0.2) is 12.1 Å². The first-order valence-corrected chi connectivity index (χ1v) is 5.99. The Balaban J connectivity index is 2.07. The molecule has 2 nitrogen and oxygen atoms in total. The summed E-state index contributed by atoms with van der Waals surface area (Å²) >= 11 is 0. The maximum atomic E-state index is 9.94. The lowest BCUT2D eigenvalue weighted by molar-refractivity contribution is 0.0601. The fourth-order valence-corrected chi connectivity index (χ4v) is 2.62. The van der Waals surface area contributed by atoms with Crippen LogP contribution in [0.5, 0.6) is 0 Å². The second-order valence-electron chi connectivity index (χ2n) is 4.84. The van der Waals surface area contributed by atoms with Crippen LogP contribution in [0.4, 0.5) is 0 Å². The Morgan fingerprint density at radius 3 is 2.40 bits per heavy atom. The van der Waals surface area contributed by atoms with Crippen LogP contribution in [-0.2, 0) is 6.54 Å². The van der Waals surface area contributed by atoms with Gasteiger partial charge in [0.25, 0.3) is 0 Å². The molecule has 0 aromatic carbocycles. The summed E-state index contributed by atoms with van der Waals surface area (Å²) in [7, 11) is 0. The minimum atomic E-state index is -0.0834. The SMILES string of the molecule is Cc1ccc(C)n1CC1CCCCC1O. The van der Waals surface area contributed by atoms with Gasteiger partial charge in [-0.2, -0.15) is 0 Å².